The first-order valence-electron chi connectivity index (χ1n) is 9.76. The highest BCUT2D eigenvalue weighted by molar-refractivity contribution is 6.01. The van der Waals surface area contributed by atoms with Gasteiger partial charge in [0.05, 0.1) is 6.54 Å². The Morgan fingerprint density at radius 1 is 1.03 bits per heavy atom. The van der Waals surface area contributed by atoms with Crippen molar-refractivity contribution in [1.82, 2.24) is 9.78 Å². The van der Waals surface area contributed by atoms with E-state index in [1.165, 1.54) is 12.1 Å². The first kappa shape index (κ1) is 22.1. The number of nitrogens with one attached hydrogen (secondary N) is 1. The summed E-state index contributed by atoms with van der Waals surface area (Å²) in [5, 5.41) is 6.95. The van der Waals surface area contributed by atoms with Crippen molar-refractivity contribution < 1.29 is 31.5 Å². The van der Waals surface area contributed by atoms with E-state index in [1.54, 1.807) is 10.7 Å². The van der Waals surface area contributed by atoms with E-state index in [1.807, 2.05) is 37.3 Å². The number of halogens is 4. The van der Waals surface area contributed by atoms with E-state index in [0.717, 1.165) is 11.3 Å². The second-order valence-corrected chi connectivity index (χ2v) is 7.12. The van der Waals surface area contributed by atoms with Crippen LogP contribution in [0.4, 0.5) is 23.4 Å². The molecule has 0 atom stereocenters. The molecular formula is C23H17F4N3O3. The van der Waals surface area contributed by atoms with Gasteiger partial charge >= 0.3 is 0 Å². The summed E-state index contributed by atoms with van der Waals surface area (Å²) in [7, 11) is 0. The Bertz CT molecular complexity index is 1280. The van der Waals surface area contributed by atoms with Crippen molar-refractivity contribution in [2.45, 2.75) is 20.1 Å². The van der Waals surface area contributed by atoms with Crippen LogP contribution in [0.2, 0.25) is 0 Å². The van der Waals surface area contributed by atoms with Gasteiger partial charge in [0.15, 0.2) is 29.0 Å². The summed E-state index contributed by atoms with van der Waals surface area (Å²) in [6, 6.07) is 14.1. The van der Waals surface area contributed by atoms with Crippen molar-refractivity contribution in [3.63, 3.8) is 0 Å². The third-order valence-electron chi connectivity index (χ3n) is 4.71. The molecule has 0 saturated heterocycles. The first-order valence-corrected chi connectivity index (χ1v) is 9.76. The van der Waals surface area contributed by atoms with Gasteiger partial charge in [-0.25, -0.2) is 8.78 Å². The zero-order valence-electron chi connectivity index (χ0n) is 17.2. The number of ether oxygens (including phenoxy) is 1. The lowest BCUT2D eigenvalue weighted by atomic mass is 10.2. The number of carbonyl (C=O) groups is 1. The second kappa shape index (κ2) is 9.19. The van der Waals surface area contributed by atoms with Crippen molar-refractivity contribution in [3.05, 3.63) is 101 Å². The van der Waals surface area contributed by atoms with Crippen LogP contribution < -0.4 is 10.1 Å². The van der Waals surface area contributed by atoms with Crippen molar-refractivity contribution >= 4 is 11.7 Å². The molecule has 4 aromatic rings. The Balaban J connectivity index is 1.40. The summed E-state index contributed by atoms with van der Waals surface area (Å²) in [5.74, 6) is -8.14. The Morgan fingerprint density at radius 2 is 1.73 bits per heavy atom. The molecule has 0 unspecified atom stereocenters. The topological polar surface area (TPSA) is 69.3 Å². The number of rotatable bonds is 7. The SMILES string of the molecule is Cc1cc(NC(=O)c2ccc(COc3c(F)c(F)cc(F)c3F)o2)nn1Cc1ccccc1. The smallest absolute Gasteiger partial charge is 0.292 e. The summed E-state index contributed by atoms with van der Waals surface area (Å²) in [6.45, 7) is 1.81. The lowest BCUT2D eigenvalue weighted by molar-refractivity contribution is 0.0991. The summed E-state index contributed by atoms with van der Waals surface area (Å²) >= 11 is 0. The molecule has 170 valence electrons. The maximum absolute atomic E-state index is 13.7. The molecule has 0 aliphatic rings. The van der Waals surface area contributed by atoms with Crippen LogP contribution in [-0.4, -0.2) is 15.7 Å². The van der Waals surface area contributed by atoms with Crippen LogP contribution in [0.1, 0.15) is 27.6 Å². The third kappa shape index (κ3) is 4.89. The minimum atomic E-state index is -1.67. The highest BCUT2D eigenvalue weighted by Crippen LogP contribution is 2.27. The number of hydrogen-bond acceptors (Lipinski definition) is 4. The van der Waals surface area contributed by atoms with Gasteiger partial charge in [-0.3, -0.25) is 9.48 Å². The molecule has 1 N–H and O–H groups in total. The van der Waals surface area contributed by atoms with Gasteiger partial charge in [0, 0.05) is 17.8 Å². The van der Waals surface area contributed by atoms with Crippen LogP contribution in [0.3, 0.4) is 0 Å². The molecule has 0 spiro atoms. The van der Waals surface area contributed by atoms with Crippen LogP contribution >= 0.6 is 0 Å². The van der Waals surface area contributed by atoms with E-state index in [-0.39, 0.29) is 17.6 Å². The Morgan fingerprint density at radius 3 is 2.42 bits per heavy atom. The van der Waals surface area contributed by atoms with E-state index < -0.39 is 41.5 Å². The molecule has 10 heteroatoms. The maximum Gasteiger partial charge on any atom is 0.292 e. The monoisotopic (exact) mass is 459 g/mol. The summed E-state index contributed by atoms with van der Waals surface area (Å²) in [4.78, 5) is 12.5. The van der Waals surface area contributed by atoms with E-state index in [4.69, 9.17) is 9.15 Å². The summed E-state index contributed by atoms with van der Waals surface area (Å²) < 4.78 is 65.8. The number of amides is 1. The molecule has 1 amide bonds. The molecular weight excluding hydrogens is 442 g/mol. The van der Waals surface area contributed by atoms with Gasteiger partial charge in [0.25, 0.3) is 5.91 Å². The normalized spacial score (nSPS) is 10.9. The maximum atomic E-state index is 13.7. The van der Waals surface area contributed by atoms with Gasteiger partial charge in [-0.1, -0.05) is 30.3 Å². The first-order chi connectivity index (χ1) is 15.8. The molecule has 2 aromatic carbocycles. The lowest BCUT2D eigenvalue weighted by Gasteiger charge is -2.08. The van der Waals surface area contributed by atoms with Crippen LogP contribution in [0.15, 0.2) is 59.0 Å². The molecule has 0 aliphatic carbocycles. The number of aryl methyl sites for hydroxylation is 1. The lowest BCUT2D eigenvalue weighted by Crippen LogP contribution is -2.12. The van der Waals surface area contributed by atoms with Crippen molar-refractivity contribution in [2.75, 3.05) is 5.32 Å². The number of furan rings is 1. The van der Waals surface area contributed by atoms with Crippen LogP contribution in [-0.2, 0) is 13.2 Å². The zero-order valence-corrected chi connectivity index (χ0v) is 17.2. The number of benzene rings is 2. The van der Waals surface area contributed by atoms with Crippen molar-refractivity contribution in [1.29, 1.82) is 0 Å². The van der Waals surface area contributed by atoms with Crippen LogP contribution in [0.5, 0.6) is 5.75 Å². The number of aromatic nitrogens is 2. The largest absolute Gasteiger partial charge is 0.479 e. The fourth-order valence-corrected chi connectivity index (χ4v) is 3.06. The van der Waals surface area contributed by atoms with E-state index >= 15 is 0 Å². The van der Waals surface area contributed by atoms with Gasteiger partial charge in [-0.05, 0) is 24.6 Å². The predicted octanol–water partition coefficient (Wildman–Crippen LogP) is 5.22. The number of hydrogen-bond donors (Lipinski definition) is 1. The fourth-order valence-electron chi connectivity index (χ4n) is 3.06. The van der Waals surface area contributed by atoms with Crippen molar-refractivity contribution in [3.8, 4) is 5.75 Å². The Labute approximate surface area is 185 Å². The van der Waals surface area contributed by atoms with Gasteiger partial charge in [-0.15, -0.1) is 0 Å². The van der Waals surface area contributed by atoms with Gasteiger partial charge < -0.3 is 14.5 Å². The number of anilines is 1. The average Bonchev–Trinajstić information content (AvgIpc) is 3.40. The standard InChI is InChI=1S/C23H17F4N3O3/c1-13-9-19(29-30(13)11-14-5-3-2-4-6-14)28-23(31)18-8-7-15(33-18)12-32-22-20(26)16(24)10-17(25)21(22)27/h2-10H,11-12H2,1H3,(H,28,29,31). The minimum Gasteiger partial charge on any atom is -0.479 e. The second-order valence-electron chi connectivity index (χ2n) is 7.12. The number of carbonyl (C=O) groups excluding carboxylic acids is 1. The minimum absolute atomic E-state index is 0.00871. The predicted molar refractivity (Wildman–Crippen MR) is 110 cm³/mol. The quantitative estimate of drug-likeness (QED) is 0.304. The van der Waals surface area contributed by atoms with Gasteiger partial charge in [0.1, 0.15) is 12.4 Å². The average molecular weight is 459 g/mol. The molecule has 33 heavy (non-hydrogen) atoms. The molecule has 2 aromatic heterocycles. The van der Waals surface area contributed by atoms with Crippen LogP contribution in [0.25, 0.3) is 0 Å². The van der Waals surface area contributed by atoms with Gasteiger partial charge in [-0.2, -0.15) is 13.9 Å². The van der Waals surface area contributed by atoms with Crippen molar-refractivity contribution in [2.24, 2.45) is 0 Å². The molecule has 0 bridgehead atoms. The van der Waals surface area contributed by atoms with E-state index in [0.29, 0.717) is 12.4 Å². The molecule has 4 rings (SSSR count). The van der Waals surface area contributed by atoms with Gasteiger partial charge in [0.2, 0.25) is 11.6 Å². The molecule has 6 nitrogen and oxygen atoms in total. The highest BCUT2D eigenvalue weighted by Gasteiger charge is 2.21. The Hall–Kier alpha value is -4.08. The summed E-state index contributed by atoms with van der Waals surface area (Å²) in [6.07, 6.45) is 0. The van der Waals surface area contributed by atoms with Crippen LogP contribution in [0, 0.1) is 30.2 Å². The summed E-state index contributed by atoms with van der Waals surface area (Å²) in [5.41, 5.74) is 1.87. The molecule has 0 radical (unpaired) electrons. The fraction of sp³-hybridized carbons (Fsp3) is 0.130. The molecule has 0 aliphatic heterocycles. The third-order valence-corrected chi connectivity index (χ3v) is 4.71. The van der Waals surface area contributed by atoms with E-state index in [9.17, 15) is 22.4 Å². The zero-order chi connectivity index (χ0) is 23.5. The molecule has 2 heterocycles. The molecule has 0 saturated carbocycles. The Kier molecular flexibility index (Phi) is 6.16. The molecule has 0 fully saturated rings. The van der Waals surface area contributed by atoms with E-state index in [2.05, 4.69) is 10.4 Å². The highest BCUT2D eigenvalue weighted by atomic mass is 19.2. The number of nitrogens with zero attached hydrogens (tertiary/aromatic N) is 2.